The van der Waals surface area contributed by atoms with E-state index in [9.17, 15) is 0 Å². The third kappa shape index (κ3) is 8.83. The quantitative estimate of drug-likeness (QED) is 0.506. The molecule has 0 atom stereocenters. The van der Waals surface area contributed by atoms with E-state index in [-0.39, 0.29) is 76.8 Å². The summed E-state index contributed by atoms with van der Waals surface area (Å²) in [7, 11) is 0. The molecule has 4 heavy (non-hydrogen) atoms. The Morgan fingerprint density at radius 2 is 1.25 bits per heavy atom. The Labute approximate surface area is 78.9 Å². The van der Waals surface area contributed by atoms with Crippen LogP contribution in [0.1, 0.15) is 0 Å². The van der Waals surface area contributed by atoms with E-state index >= 15 is 0 Å². The van der Waals surface area contributed by atoms with Crippen LogP contribution in [0.3, 0.4) is 0 Å². The van der Waals surface area contributed by atoms with Gasteiger partial charge in [-0.1, -0.05) is 0 Å². The van der Waals surface area contributed by atoms with Crippen LogP contribution in [0.2, 0.25) is 0 Å². The Morgan fingerprint density at radius 3 is 1.25 bits per heavy atom. The van der Waals surface area contributed by atoms with Crippen molar-refractivity contribution in [2.45, 2.75) is 0 Å². The zero-order valence-electron chi connectivity index (χ0n) is 1.69. The summed E-state index contributed by atoms with van der Waals surface area (Å²) < 4.78 is 8.38. The van der Waals surface area contributed by atoms with Crippen molar-refractivity contribution in [1.29, 1.82) is 0 Å². The van der Waals surface area contributed by atoms with Gasteiger partial charge in [-0.15, -0.1) is 0 Å². The van der Waals surface area contributed by atoms with Crippen LogP contribution in [0.5, 0.6) is 0 Å². The molecule has 0 aromatic rings. The molecular formula is H3InOYZn. The van der Waals surface area contributed by atoms with Crippen molar-refractivity contribution in [2.75, 3.05) is 0 Å². The van der Waals surface area contributed by atoms with Gasteiger partial charge in [-0.2, -0.15) is 0 Å². The zero-order chi connectivity index (χ0) is 2.00. The SMILES string of the molecule is [InH3].[O]=[Zn].[Y]. The van der Waals surface area contributed by atoms with Gasteiger partial charge in [0.2, 0.25) is 0 Å². The number of hydrogen-bond donors (Lipinski definition) is 0. The van der Waals surface area contributed by atoms with E-state index in [0.29, 0.717) is 0 Å². The van der Waals surface area contributed by atoms with Crippen molar-refractivity contribution in [3.8, 4) is 0 Å². The van der Waals surface area contributed by atoms with Crippen LogP contribution in [0.25, 0.3) is 0 Å². The van der Waals surface area contributed by atoms with E-state index in [1.165, 1.54) is 0 Å². The van der Waals surface area contributed by atoms with Crippen molar-refractivity contribution in [3.63, 3.8) is 0 Å². The van der Waals surface area contributed by atoms with Gasteiger partial charge in [-0.3, -0.25) is 0 Å². The van der Waals surface area contributed by atoms with E-state index in [1.54, 1.807) is 0 Å². The van der Waals surface area contributed by atoms with E-state index < -0.39 is 0 Å². The van der Waals surface area contributed by atoms with Gasteiger partial charge in [-0.25, -0.2) is 0 Å². The second-order valence-electron chi connectivity index (χ2n) is 0. The average molecular weight is 288 g/mol. The molecule has 0 saturated heterocycles. The zero-order valence-corrected chi connectivity index (χ0v) is 7.50. The average Bonchev–Trinajstić information content (AvgIpc) is 1.00. The van der Waals surface area contributed by atoms with Gasteiger partial charge in [0, 0.05) is 32.7 Å². The number of rotatable bonds is 0. The van der Waals surface area contributed by atoms with Crippen LogP contribution in [0.4, 0.5) is 0 Å². The maximum Gasteiger partial charge on any atom is 0 e. The summed E-state index contributed by atoms with van der Waals surface area (Å²) in [6.45, 7) is 0. The molecular weight excluding hydrogens is 285 g/mol. The maximum atomic E-state index is 8.38. The van der Waals surface area contributed by atoms with E-state index in [1.807, 2.05) is 0 Å². The van der Waals surface area contributed by atoms with Crippen molar-refractivity contribution in [1.82, 2.24) is 0 Å². The summed E-state index contributed by atoms with van der Waals surface area (Å²) in [6.07, 6.45) is 0. The fourth-order valence-electron chi connectivity index (χ4n) is 0. The molecule has 17 valence electrons. The summed E-state index contributed by atoms with van der Waals surface area (Å²) in [5.41, 5.74) is 0. The molecule has 0 aromatic carbocycles. The van der Waals surface area contributed by atoms with E-state index in [2.05, 4.69) is 0 Å². The topological polar surface area (TPSA) is 17.1 Å². The summed E-state index contributed by atoms with van der Waals surface area (Å²) in [4.78, 5) is 0. The second kappa shape index (κ2) is 18.2. The largest absolute Gasteiger partial charge is 0 e. The molecule has 0 amide bonds. The fraction of sp³-hybridized carbons (Fsp3) is 0. The van der Waals surface area contributed by atoms with Crippen molar-refractivity contribution < 1.29 is 54.5 Å². The van der Waals surface area contributed by atoms with E-state index in [0.717, 1.165) is 0 Å². The Hall–Kier alpha value is 2.40. The normalized spacial score (nSPS) is 1.50. The van der Waals surface area contributed by atoms with Crippen LogP contribution in [0, 0.1) is 0 Å². The summed E-state index contributed by atoms with van der Waals surface area (Å²) in [6, 6.07) is 0. The van der Waals surface area contributed by atoms with Gasteiger partial charge in [0.05, 0.1) is 0 Å². The standard InChI is InChI=1S/In.O.Y.Zn.3H. The van der Waals surface area contributed by atoms with Crippen molar-refractivity contribution >= 4 is 25.8 Å². The Balaban J connectivity index is -0.00000000500. The molecule has 0 rings (SSSR count). The van der Waals surface area contributed by atoms with Crippen LogP contribution < -0.4 is 0 Å². The van der Waals surface area contributed by atoms with Gasteiger partial charge < -0.3 is 0 Å². The molecule has 0 aliphatic rings. The Morgan fingerprint density at radius 1 is 1.25 bits per heavy atom. The predicted molar refractivity (Wildman–Crippen MR) is 10.6 cm³/mol. The smallest absolute Gasteiger partial charge is 0 e. The van der Waals surface area contributed by atoms with Gasteiger partial charge in [0.1, 0.15) is 0 Å². The minimum Gasteiger partial charge on any atom is 0 e. The van der Waals surface area contributed by atoms with Crippen LogP contribution in [-0.2, 0) is 54.5 Å². The van der Waals surface area contributed by atoms with Gasteiger partial charge in [-0.05, 0) is 0 Å². The Kier molecular flexibility index (Phi) is 73.3. The Bertz CT molecular complexity index is 8.00. The molecule has 0 unspecified atom stereocenters. The second-order valence-corrected chi connectivity index (χ2v) is 0. The minimum atomic E-state index is 0. The first-order valence-electron chi connectivity index (χ1n) is 0.289. The fourth-order valence-corrected chi connectivity index (χ4v) is 0. The molecule has 4 heteroatoms. The third-order valence-electron chi connectivity index (χ3n) is 0. The van der Waals surface area contributed by atoms with Crippen LogP contribution in [0.15, 0.2) is 0 Å². The summed E-state index contributed by atoms with van der Waals surface area (Å²) in [5.74, 6) is 0. The number of hydrogen-bond acceptors (Lipinski definition) is 1. The molecule has 0 aliphatic heterocycles. The molecule has 0 bridgehead atoms. The molecule has 1 nitrogen and oxygen atoms in total. The molecule has 0 fully saturated rings. The molecule has 0 saturated carbocycles. The minimum absolute atomic E-state index is 0. The van der Waals surface area contributed by atoms with Crippen molar-refractivity contribution in [2.24, 2.45) is 0 Å². The first kappa shape index (κ1) is 16.1. The monoisotopic (exact) mass is 287 g/mol. The van der Waals surface area contributed by atoms with Gasteiger partial charge >= 0.3 is 47.7 Å². The molecule has 0 aromatic heterocycles. The molecule has 0 N–H and O–H groups in total. The van der Waals surface area contributed by atoms with Gasteiger partial charge in [0.25, 0.3) is 0 Å². The third-order valence-corrected chi connectivity index (χ3v) is 0. The predicted octanol–water partition coefficient (Wildman–Crippen LogP) is -1.31. The molecule has 0 heterocycles. The van der Waals surface area contributed by atoms with Crippen molar-refractivity contribution in [3.05, 3.63) is 0 Å². The maximum absolute atomic E-state index is 8.38. The summed E-state index contributed by atoms with van der Waals surface area (Å²) in [5, 5.41) is 0. The molecule has 0 spiro atoms. The van der Waals surface area contributed by atoms with Crippen LogP contribution in [-0.4, -0.2) is 25.8 Å². The molecule has 1 radical (unpaired) electrons. The van der Waals surface area contributed by atoms with Gasteiger partial charge in [0.15, 0.2) is 0 Å². The summed E-state index contributed by atoms with van der Waals surface area (Å²) >= 11 is 0.125. The van der Waals surface area contributed by atoms with Crippen LogP contribution >= 0.6 is 0 Å². The molecule has 0 aliphatic carbocycles. The first-order valence-corrected chi connectivity index (χ1v) is 1.50. The first-order chi connectivity index (χ1) is 1.00. The van der Waals surface area contributed by atoms with E-state index in [4.69, 9.17) is 3.57 Å².